The maximum atomic E-state index is 11.5. The average molecular weight is 172 g/mol. The van der Waals surface area contributed by atoms with Crippen LogP contribution in [0.4, 0.5) is 0 Å². The van der Waals surface area contributed by atoms with Crippen molar-refractivity contribution >= 4 is 5.78 Å². The zero-order valence-corrected chi connectivity index (χ0v) is 8.31. The molecule has 0 aromatic heterocycles. The van der Waals surface area contributed by atoms with Gasteiger partial charge in [0.2, 0.25) is 0 Å². The van der Waals surface area contributed by atoms with Crippen LogP contribution >= 0.6 is 0 Å². The molecule has 0 aliphatic heterocycles. The first kappa shape index (κ1) is 11.6. The first-order valence-electron chi connectivity index (χ1n) is 4.42. The Bertz CT molecular complexity index is 143. The second-order valence-electron chi connectivity index (χ2n) is 3.72. The van der Waals surface area contributed by atoms with Crippen LogP contribution in [0.1, 0.15) is 26.7 Å². The van der Waals surface area contributed by atoms with Gasteiger partial charge in [-0.1, -0.05) is 13.8 Å². The molecular weight excluding hydrogens is 152 g/mol. The normalized spacial score (nSPS) is 11.7. The molecule has 0 aromatic carbocycles. The summed E-state index contributed by atoms with van der Waals surface area (Å²) in [7, 11) is 1.89. The SMILES string of the molecule is CNCCCC(=O)C(C)(C)CN. The second-order valence-corrected chi connectivity index (χ2v) is 3.72. The molecule has 0 aliphatic carbocycles. The van der Waals surface area contributed by atoms with Gasteiger partial charge in [-0.3, -0.25) is 4.79 Å². The third-order valence-corrected chi connectivity index (χ3v) is 2.10. The van der Waals surface area contributed by atoms with Crippen molar-refractivity contribution < 1.29 is 4.79 Å². The molecule has 0 bridgehead atoms. The molecule has 0 saturated heterocycles. The van der Waals surface area contributed by atoms with E-state index in [9.17, 15) is 4.79 Å². The van der Waals surface area contributed by atoms with Crippen LogP contribution in [0, 0.1) is 5.41 Å². The lowest BCUT2D eigenvalue weighted by Gasteiger charge is -2.20. The van der Waals surface area contributed by atoms with Crippen LogP contribution in [-0.2, 0) is 4.79 Å². The molecule has 72 valence electrons. The van der Waals surface area contributed by atoms with Crippen molar-refractivity contribution in [2.45, 2.75) is 26.7 Å². The molecule has 0 rings (SSSR count). The van der Waals surface area contributed by atoms with E-state index >= 15 is 0 Å². The highest BCUT2D eigenvalue weighted by molar-refractivity contribution is 5.84. The van der Waals surface area contributed by atoms with Gasteiger partial charge in [-0.05, 0) is 20.0 Å². The minimum atomic E-state index is -0.340. The molecular formula is C9H20N2O. The van der Waals surface area contributed by atoms with Gasteiger partial charge in [0.15, 0.2) is 0 Å². The molecule has 0 radical (unpaired) electrons. The predicted octanol–water partition coefficient (Wildman–Crippen LogP) is 0.540. The predicted molar refractivity (Wildman–Crippen MR) is 51.0 cm³/mol. The summed E-state index contributed by atoms with van der Waals surface area (Å²) in [5, 5.41) is 3.01. The Labute approximate surface area is 74.7 Å². The average Bonchev–Trinajstić information content (AvgIpc) is 2.05. The molecule has 0 amide bonds. The van der Waals surface area contributed by atoms with Crippen molar-refractivity contribution in [3.05, 3.63) is 0 Å². The summed E-state index contributed by atoms with van der Waals surface area (Å²) >= 11 is 0. The number of Topliss-reactive ketones (excluding diaryl/α,β-unsaturated/α-hetero) is 1. The van der Waals surface area contributed by atoms with E-state index in [-0.39, 0.29) is 11.2 Å². The number of hydrogen-bond acceptors (Lipinski definition) is 3. The quantitative estimate of drug-likeness (QED) is 0.575. The molecule has 0 fully saturated rings. The van der Waals surface area contributed by atoms with Crippen molar-refractivity contribution in [3.8, 4) is 0 Å². The van der Waals surface area contributed by atoms with Crippen molar-refractivity contribution in [2.24, 2.45) is 11.1 Å². The zero-order valence-electron chi connectivity index (χ0n) is 8.31. The number of hydrogen-bond donors (Lipinski definition) is 2. The lowest BCUT2D eigenvalue weighted by Crippen LogP contribution is -2.32. The van der Waals surface area contributed by atoms with Crippen LogP contribution in [0.5, 0.6) is 0 Å². The van der Waals surface area contributed by atoms with E-state index in [0.717, 1.165) is 13.0 Å². The van der Waals surface area contributed by atoms with E-state index in [1.165, 1.54) is 0 Å². The van der Waals surface area contributed by atoms with Gasteiger partial charge in [-0.2, -0.15) is 0 Å². The summed E-state index contributed by atoms with van der Waals surface area (Å²) < 4.78 is 0. The molecule has 0 unspecified atom stereocenters. The van der Waals surface area contributed by atoms with Gasteiger partial charge in [-0.15, -0.1) is 0 Å². The molecule has 0 spiro atoms. The van der Waals surface area contributed by atoms with Crippen LogP contribution in [-0.4, -0.2) is 25.9 Å². The highest BCUT2D eigenvalue weighted by Gasteiger charge is 2.24. The van der Waals surface area contributed by atoms with E-state index < -0.39 is 0 Å². The van der Waals surface area contributed by atoms with Crippen LogP contribution in [0.15, 0.2) is 0 Å². The van der Waals surface area contributed by atoms with Gasteiger partial charge in [0, 0.05) is 18.4 Å². The van der Waals surface area contributed by atoms with Crippen LogP contribution in [0.3, 0.4) is 0 Å². The van der Waals surface area contributed by atoms with Gasteiger partial charge in [0.1, 0.15) is 5.78 Å². The summed E-state index contributed by atoms with van der Waals surface area (Å²) in [6, 6.07) is 0. The molecule has 0 heterocycles. The fourth-order valence-corrected chi connectivity index (χ4v) is 0.878. The lowest BCUT2D eigenvalue weighted by atomic mass is 9.86. The van der Waals surface area contributed by atoms with Crippen LogP contribution in [0.25, 0.3) is 0 Å². The molecule has 0 aliphatic rings. The number of nitrogens with one attached hydrogen (secondary N) is 1. The maximum absolute atomic E-state index is 11.5. The second kappa shape index (κ2) is 5.27. The molecule has 3 heteroatoms. The number of nitrogens with two attached hydrogens (primary N) is 1. The summed E-state index contributed by atoms with van der Waals surface area (Å²) in [5.74, 6) is 0.264. The third kappa shape index (κ3) is 3.83. The van der Waals surface area contributed by atoms with Gasteiger partial charge in [0.05, 0.1) is 0 Å². The number of carbonyl (C=O) groups excluding carboxylic acids is 1. The lowest BCUT2D eigenvalue weighted by molar-refractivity contribution is -0.126. The van der Waals surface area contributed by atoms with E-state index in [0.29, 0.717) is 13.0 Å². The Morgan fingerprint density at radius 2 is 2.08 bits per heavy atom. The van der Waals surface area contributed by atoms with Crippen molar-refractivity contribution in [1.29, 1.82) is 0 Å². The van der Waals surface area contributed by atoms with Gasteiger partial charge < -0.3 is 11.1 Å². The largest absolute Gasteiger partial charge is 0.329 e. The van der Waals surface area contributed by atoms with E-state index in [2.05, 4.69) is 5.32 Å². The number of rotatable bonds is 6. The van der Waals surface area contributed by atoms with Gasteiger partial charge in [-0.25, -0.2) is 0 Å². The highest BCUT2D eigenvalue weighted by atomic mass is 16.1. The third-order valence-electron chi connectivity index (χ3n) is 2.10. The molecule has 3 N–H and O–H groups in total. The summed E-state index contributed by atoms with van der Waals surface area (Å²) in [4.78, 5) is 11.5. The van der Waals surface area contributed by atoms with E-state index in [1.807, 2.05) is 20.9 Å². The fraction of sp³-hybridized carbons (Fsp3) is 0.889. The first-order valence-corrected chi connectivity index (χ1v) is 4.42. The van der Waals surface area contributed by atoms with E-state index in [1.54, 1.807) is 0 Å². The minimum Gasteiger partial charge on any atom is -0.329 e. The Kier molecular flexibility index (Phi) is 5.09. The van der Waals surface area contributed by atoms with Crippen molar-refractivity contribution in [1.82, 2.24) is 5.32 Å². The summed E-state index contributed by atoms with van der Waals surface area (Å²) in [5.41, 5.74) is 5.14. The molecule has 3 nitrogen and oxygen atoms in total. The summed E-state index contributed by atoms with van der Waals surface area (Å²) in [6.07, 6.45) is 1.53. The smallest absolute Gasteiger partial charge is 0.139 e. The highest BCUT2D eigenvalue weighted by Crippen LogP contribution is 2.16. The van der Waals surface area contributed by atoms with Crippen molar-refractivity contribution in [3.63, 3.8) is 0 Å². The molecule has 0 atom stereocenters. The van der Waals surface area contributed by atoms with Crippen LogP contribution < -0.4 is 11.1 Å². The maximum Gasteiger partial charge on any atom is 0.139 e. The Morgan fingerprint density at radius 3 is 2.50 bits per heavy atom. The van der Waals surface area contributed by atoms with Crippen molar-refractivity contribution in [2.75, 3.05) is 20.1 Å². The Hall–Kier alpha value is -0.410. The first-order chi connectivity index (χ1) is 5.54. The monoisotopic (exact) mass is 172 g/mol. The Morgan fingerprint density at radius 1 is 1.50 bits per heavy atom. The number of carbonyl (C=O) groups is 1. The zero-order chi connectivity index (χ0) is 9.61. The van der Waals surface area contributed by atoms with Gasteiger partial charge >= 0.3 is 0 Å². The Balaban J connectivity index is 3.72. The topological polar surface area (TPSA) is 55.1 Å². The fourth-order valence-electron chi connectivity index (χ4n) is 0.878. The van der Waals surface area contributed by atoms with Gasteiger partial charge in [0.25, 0.3) is 0 Å². The molecule has 12 heavy (non-hydrogen) atoms. The van der Waals surface area contributed by atoms with E-state index in [4.69, 9.17) is 5.73 Å². The van der Waals surface area contributed by atoms with Crippen LogP contribution in [0.2, 0.25) is 0 Å². The minimum absolute atomic E-state index is 0.264. The molecule has 0 saturated carbocycles. The molecule has 0 aromatic rings. The summed E-state index contributed by atoms with van der Waals surface area (Å²) in [6.45, 7) is 5.13. The standard InChI is InChI=1S/C9H20N2O/c1-9(2,7-10)8(12)5-4-6-11-3/h11H,4-7,10H2,1-3H3. The number of ketones is 1.